The molecule has 0 fully saturated rings. The van der Waals surface area contributed by atoms with Crippen molar-refractivity contribution in [2.24, 2.45) is 0 Å². The minimum absolute atomic E-state index is 0.195. The van der Waals surface area contributed by atoms with Gasteiger partial charge in [-0.15, -0.1) is 0 Å². The molecule has 1 rings (SSSR count). The molecule has 1 aromatic rings. The van der Waals surface area contributed by atoms with Crippen LogP contribution in [0.15, 0.2) is 0 Å². The van der Waals surface area contributed by atoms with Gasteiger partial charge in [-0.25, -0.2) is 4.79 Å². The van der Waals surface area contributed by atoms with Gasteiger partial charge < -0.3 is 14.6 Å². The highest BCUT2D eigenvalue weighted by molar-refractivity contribution is 6.00. The Hall–Kier alpha value is -2.80. The molecule has 0 radical (unpaired) electrons. The summed E-state index contributed by atoms with van der Waals surface area (Å²) in [6.45, 7) is 3.08. The highest BCUT2D eigenvalue weighted by Crippen LogP contribution is 2.21. The molecule has 7 nitrogen and oxygen atoms in total. The third kappa shape index (κ3) is 3.21. The van der Waals surface area contributed by atoms with Crippen LogP contribution in [0.3, 0.4) is 0 Å². The Labute approximate surface area is 122 Å². The van der Waals surface area contributed by atoms with Crippen molar-refractivity contribution in [3.05, 3.63) is 22.5 Å². The molecule has 1 amide bonds. The average molecular weight is 288 g/mol. The van der Waals surface area contributed by atoms with Crippen molar-refractivity contribution in [3.63, 3.8) is 0 Å². The zero-order chi connectivity index (χ0) is 16.0. The lowest BCUT2D eigenvalue weighted by atomic mass is 10.1. The van der Waals surface area contributed by atoms with Crippen LogP contribution in [-0.4, -0.2) is 42.0 Å². The first kappa shape index (κ1) is 16.3. The predicted molar refractivity (Wildman–Crippen MR) is 73.4 cm³/mol. The lowest BCUT2D eigenvalue weighted by Gasteiger charge is -2.15. The molecule has 0 saturated heterocycles. The third-order valence-corrected chi connectivity index (χ3v) is 3.09. The van der Waals surface area contributed by atoms with Gasteiger partial charge in [-0.1, -0.05) is 6.92 Å². The van der Waals surface area contributed by atoms with E-state index in [1.165, 1.54) is 7.11 Å². The summed E-state index contributed by atoms with van der Waals surface area (Å²) >= 11 is 0. The maximum absolute atomic E-state index is 12.4. The number of aromatic amines is 1. The minimum atomic E-state index is -0.522. The van der Waals surface area contributed by atoms with Crippen molar-refractivity contribution >= 4 is 11.9 Å². The molecular weight excluding hydrogens is 272 g/mol. The van der Waals surface area contributed by atoms with Crippen LogP contribution in [0.5, 0.6) is 0 Å². The summed E-state index contributed by atoms with van der Waals surface area (Å²) < 4.78 is 4.72. The first-order chi connectivity index (χ1) is 10.0. The van der Waals surface area contributed by atoms with E-state index < -0.39 is 11.9 Å². The number of hydrogen-bond acceptors (Lipinski definition) is 5. The number of aromatic nitrogens is 1. The second kappa shape index (κ2) is 7.11. The number of ether oxygens (including phenoxy) is 1. The van der Waals surface area contributed by atoms with E-state index in [0.717, 1.165) is 4.90 Å². The average Bonchev–Trinajstić information content (AvgIpc) is 2.82. The van der Waals surface area contributed by atoms with Crippen molar-refractivity contribution < 1.29 is 14.3 Å². The Morgan fingerprint density at radius 2 is 1.86 bits per heavy atom. The number of carbonyl (C=O) groups excluding carboxylic acids is 2. The standard InChI is InChI=1S/C14H16N4O3/c1-4-10-11(14(20)21-3)9(2)12(17-10)13(19)18(7-5-15)8-6-16/h17H,4,7-8H2,1-3H3. The van der Waals surface area contributed by atoms with Gasteiger partial charge in [0.1, 0.15) is 18.8 Å². The van der Waals surface area contributed by atoms with Crippen molar-refractivity contribution in [2.45, 2.75) is 20.3 Å². The fraction of sp³-hybridized carbons (Fsp3) is 0.429. The van der Waals surface area contributed by atoms with Crippen molar-refractivity contribution in [2.75, 3.05) is 20.2 Å². The van der Waals surface area contributed by atoms with Crippen molar-refractivity contribution in [3.8, 4) is 12.1 Å². The number of nitriles is 2. The smallest absolute Gasteiger partial charge is 0.339 e. The Morgan fingerprint density at radius 1 is 1.29 bits per heavy atom. The second-order valence-corrected chi connectivity index (χ2v) is 4.30. The van der Waals surface area contributed by atoms with Gasteiger partial charge in [0, 0.05) is 5.69 Å². The van der Waals surface area contributed by atoms with Gasteiger partial charge in [-0.2, -0.15) is 10.5 Å². The molecule has 1 aromatic heterocycles. The summed E-state index contributed by atoms with van der Waals surface area (Å²) in [4.78, 5) is 28.2. The maximum Gasteiger partial charge on any atom is 0.339 e. The number of nitrogens with one attached hydrogen (secondary N) is 1. The molecule has 0 saturated carbocycles. The summed E-state index contributed by atoms with van der Waals surface area (Å²) in [5, 5.41) is 17.4. The summed E-state index contributed by atoms with van der Waals surface area (Å²) in [6.07, 6.45) is 0.523. The van der Waals surface area contributed by atoms with Crippen molar-refractivity contribution in [1.82, 2.24) is 9.88 Å². The number of rotatable bonds is 5. The van der Waals surface area contributed by atoms with Gasteiger partial charge in [0.15, 0.2) is 0 Å². The van der Waals surface area contributed by atoms with Crippen molar-refractivity contribution in [1.29, 1.82) is 10.5 Å². The number of hydrogen-bond donors (Lipinski definition) is 1. The third-order valence-electron chi connectivity index (χ3n) is 3.09. The van der Waals surface area contributed by atoms with E-state index in [1.807, 2.05) is 19.1 Å². The van der Waals surface area contributed by atoms with Crippen LogP contribution in [0, 0.1) is 29.6 Å². The zero-order valence-electron chi connectivity index (χ0n) is 12.2. The van der Waals surface area contributed by atoms with E-state index in [4.69, 9.17) is 15.3 Å². The lowest BCUT2D eigenvalue weighted by Crippen LogP contribution is -2.32. The minimum Gasteiger partial charge on any atom is -0.465 e. The van der Waals surface area contributed by atoms with Gasteiger partial charge >= 0.3 is 5.97 Å². The van der Waals surface area contributed by atoms with Crippen LogP contribution in [0.2, 0.25) is 0 Å². The van der Waals surface area contributed by atoms with Crippen LogP contribution in [0.4, 0.5) is 0 Å². The van der Waals surface area contributed by atoms with E-state index in [0.29, 0.717) is 23.2 Å². The number of H-pyrrole nitrogens is 1. The number of carbonyl (C=O) groups is 2. The van der Waals surface area contributed by atoms with Gasteiger partial charge in [0.05, 0.1) is 24.8 Å². The molecular formula is C14H16N4O3. The Bertz CT molecular complexity index is 618. The van der Waals surface area contributed by atoms with E-state index in [2.05, 4.69) is 4.98 Å². The molecule has 21 heavy (non-hydrogen) atoms. The number of methoxy groups -OCH3 is 1. The molecule has 110 valence electrons. The Morgan fingerprint density at radius 3 is 2.29 bits per heavy atom. The highest BCUT2D eigenvalue weighted by Gasteiger charge is 2.26. The molecule has 1 heterocycles. The van der Waals surface area contributed by atoms with Crippen LogP contribution in [-0.2, 0) is 11.2 Å². The van der Waals surface area contributed by atoms with E-state index in [9.17, 15) is 9.59 Å². The molecule has 0 aliphatic carbocycles. The summed E-state index contributed by atoms with van der Waals surface area (Å²) in [7, 11) is 1.27. The molecule has 0 bridgehead atoms. The quantitative estimate of drug-likeness (QED) is 0.645. The van der Waals surface area contributed by atoms with Crippen LogP contribution >= 0.6 is 0 Å². The molecule has 1 N–H and O–H groups in total. The van der Waals surface area contributed by atoms with Gasteiger partial charge in [0.25, 0.3) is 5.91 Å². The maximum atomic E-state index is 12.4. The molecule has 0 aliphatic heterocycles. The summed E-state index contributed by atoms with van der Waals surface area (Å²) in [6, 6.07) is 3.68. The van der Waals surface area contributed by atoms with Crippen LogP contribution in [0.1, 0.15) is 39.0 Å². The van der Waals surface area contributed by atoms with E-state index in [-0.39, 0.29) is 18.8 Å². The lowest BCUT2D eigenvalue weighted by molar-refractivity contribution is 0.0599. The fourth-order valence-electron chi connectivity index (χ4n) is 2.04. The topological polar surface area (TPSA) is 110 Å². The Balaban J connectivity index is 3.28. The molecule has 0 atom stereocenters. The Kier molecular flexibility index (Phi) is 5.50. The molecule has 0 aromatic carbocycles. The largest absolute Gasteiger partial charge is 0.465 e. The number of nitrogens with zero attached hydrogens (tertiary/aromatic N) is 3. The molecule has 0 aliphatic rings. The first-order valence-corrected chi connectivity index (χ1v) is 6.34. The number of aryl methyl sites for hydroxylation is 1. The highest BCUT2D eigenvalue weighted by atomic mass is 16.5. The van der Waals surface area contributed by atoms with Gasteiger partial charge in [-0.05, 0) is 18.9 Å². The monoisotopic (exact) mass is 288 g/mol. The molecule has 7 heteroatoms. The van der Waals surface area contributed by atoms with E-state index >= 15 is 0 Å². The predicted octanol–water partition coefficient (Wildman–Crippen LogP) is 1.16. The second-order valence-electron chi connectivity index (χ2n) is 4.30. The fourth-order valence-corrected chi connectivity index (χ4v) is 2.04. The van der Waals surface area contributed by atoms with Crippen LogP contribution < -0.4 is 0 Å². The van der Waals surface area contributed by atoms with Crippen LogP contribution in [0.25, 0.3) is 0 Å². The number of amides is 1. The summed E-state index contributed by atoms with van der Waals surface area (Å²) in [5.74, 6) is -1.01. The molecule has 0 unspecified atom stereocenters. The zero-order valence-corrected chi connectivity index (χ0v) is 12.2. The summed E-state index contributed by atoms with van der Waals surface area (Å²) in [5.41, 5.74) is 1.59. The number of esters is 1. The normalized spacial score (nSPS) is 9.57. The van der Waals surface area contributed by atoms with Gasteiger partial charge in [0.2, 0.25) is 0 Å². The van der Waals surface area contributed by atoms with E-state index in [1.54, 1.807) is 6.92 Å². The van der Waals surface area contributed by atoms with Gasteiger partial charge in [-0.3, -0.25) is 4.79 Å². The molecule has 0 spiro atoms. The SMILES string of the molecule is CCc1[nH]c(C(=O)N(CC#N)CC#N)c(C)c1C(=O)OC. The first-order valence-electron chi connectivity index (χ1n) is 6.34.